The normalized spacial score (nSPS) is 22.8. The minimum absolute atomic E-state index is 0.691. The van der Waals surface area contributed by atoms with Crippen molar-refractivity contribution in [2.75, 3.05) is 93.6 Å². The molecule has 3 fully saturated rings. The molecule has 0 saturated carbocycles. The van der Waals surface area contributed by atoms with Crippen molar-refractivity contribution in [3.05, 3.63) is 0 Å². The van der Waals surface area contributed by atoms with Gasteiger partial charge in [0.15, 0.2) is 11.6 Å². The van der Waals surface area contributed by atoms with Gasteiger partial charge in [0.1, 0.15) is 0 Å². The van der Waals surface area contributed by atoms with E-state index < -0.39 is 0 Å². The van der Waals surface area contributed by atoms with Gasteiger partial charge in [-0.3, -0.25) is 0 Å². The zero-order chi connectivity index (χ0) is 16.2. The fourth-order valence-corrected chi connectivity index (χ4v) is 3.17. The third kappa shape index (κ3) is 3.38. The number of rotatable bonds is 3. The predicted octanol–water partition coefficient (Wildman–Crippen LogP) is -0.619. The van der Waals surface area contributed by atoms with Crippen LogP contribution >= 0.6 is 0 Å². The molecule has 4 heterocycles. The summed E-state index contributed by atoms with van der Waals surface area (Å²) < 4.78 is 16.4. The van der Waals surface area contributed by atoms with E-state index in [1.54, 1.807) is 0 Å². The molecule has 0 aromatic carbocycles. The van der Waals surface area contributed by atoms with Crippen LogP contribution in [0, 0.1) is 0 Å². The standard InChI is InChI=1S/C15H24N6O3/c1-7-22-8-2-19(1)13-14(20-3-9-23-10-4-20)17-18-15(16-13)21-5-11-24-12-6-21/h1-12H2. The summed E-state index contributed by atoms with van der Waals surface area (Å²) in [7, 11) is 0. The number of ether oxygens (including phenoxy) is 3. The molecule has 0 radical (unpaired) electrons. The Morgan fingerprint density at radius 3 is 1.54 bits per heavy atom. The number of morpholine rings is 3. The summed E-state index contributed by atoms with van der Waals surface area (Å²) in [5, 5.41) is 8.95. The average molecular weight is 336 g/mol. The summed E-state index contributed by atoms with van der Waals surface area (Å²) in [5.74, 6) is 2.46. The summed E-state index contributed by atoms with van der Waals surface area (Å²) >= 11 is 0. The highest BCUT2D eigenvalue weighted by molar-refractivity contribution is 5.64. The molecule has 0 N–H and O–H groups in total. The third-order valence-corrected chi connectivity index (χ3v) is 4.56. The van der Waals surface area contributed by atoms with E-state index in [4.69, 9.17) is 19.2 Å². The lowest BCUT2D eigenvalue weighted by Gasteiger charge is -2.34. The van der Waals surface area contributed by atoms with Crippen LogP contribution in [0.1, 0.15) is 0 Å². The summed E-state index contributed by atoms with van der Waals surface area (Å²) in [6, 6.07) is 0. The van der Waals surface area contributed by atoms with Gasteiger partial charge in [-0.05, 0) is 0 Å². The van der Waals surface area contributed by atoms with Crippen molar-refractivity contribution in [2.45, 2.75) is 0 Å². The maximum atomic E-state index is 5.49. The lowest BCUT2D eigenvalue weighted by molar-refractivity contribution is 0.119. The first-order valence-electron chi connectivity index (χ1n) is 8.64. The SMILES string of the molecule is C1CN(c2nnc(N3CCOCC3)c(N3CCOCC3)n2)CCO1. The van der Waals surface area contributed by atoms with Crippen molar-refractivity contribution in [1.29, 1.82) is 0 Å². The molecular weight excluding hydrogens is 312 g/mol. The van der Waals surface area contributed by atoms with Gasteiger partial charge in [0.25, 0.3) is 0 Å². The highest BCUT2D eigenvalue weighted by Crippen LogP contribution is 2.28. The van der Waals surface area contributed by atoms with Gasteiger partial charge < -0.3 is 28.9 Å². The molecule has 1 aromatic heterocycles. The molecule has 3 aliphatic heterocycles. The van der Waals surface area contributed by atoms with E-state index in [-0.39, 0.29) is 0 Å². The van der Waals surface area contributed by atoms with E-state index in [1.807, 2.05) is 0 Å². The van der Waals surface area contributed by atoms with Gasteiger partial charge >= 0.3 is 0 Å². The largest absolute Gasteiger partial charge is 0.378 e. The molecule has 1 aromatic rings. The molecular formula is C15H24N6O3. The molecule has 3 aliphatic rings. The van der Waals surface area contributed by atoms with Crippen molar-refractivity contribution in [2.24, 2.45) is 0 Å². The maximum Gasteiger partial charge on any atom is 0.247 e. The lowest BCUT2D eigenvalue weighted by Crippen LogP contribution is -2.42. The summed E-state index contributed by atoms with van der Waals surface area (Å²) in [6.07, 6.45) is 0. The van der Waals surface area contributed by atoms with E-state index in [1.165, 1.54) is 0 Å². The lowest BCUT2D eigenvalue weighted by atomic mass is 10.3. The van der Waals surface area contributed by atoms with Gasteiger partial charge in [0, 0.05) is 39.3 Å². The van der Waals surface area contributed by atoms with Crippen LogP contribution in [-0.4, -0.2) is 94.1 Å². The fraction of sp³-hybridized carbons (Fsp3) is 0.800. The van der Waals surface area contributed by atoms with Crippen LogP contribution in [0.5, 0.6) is 0 Å². The van der Waals surface area contributed by atoms with Crippen LogP contribution in [0.2, 0.25) is 0 Å². The average Bonchev–Trinajstić information content (AvgIpc) is 2.69. The van der Waals surface area contributed by atoms with Crippen molar-refractivity contribution in [3.8, 4) is 0 Å². The van der Waals surface area contributed by atoms with Gasteiger partial charge in [-0.25, -0.2) is 0 Å². The van der Waals surface area contributed by atoms with Crippen LogP contribution in [0.25, 0.3) is 0 Å². The smallest absolute Gasteiger partial charge is 0.247 e. The first-order valence-corrected chi connectivity index (χ1v) is 8.64. The molecule has 24 heavy (non-hydrogen) atoms. The molecule has 3 saturated heterocycles. The number of anilines is 3. The maximum absolute atomic E-state index is 5.49. The van der Waals surface area contributed by atoms with Crippen LogP contribution in [0.3, 0.4) is 0 Å². The first kappa shape index (κ1) is 15.8. The van der Waals surface area contributed by atoms with E-state index >= 15 is 0 Å². The van der Waals surface area contributed by atoms with E-state index in [0.29, 0.717) is 19.2 Å². The van der Waals surface area contributed by atoms with Gasteiger partial charge in [-0.2, -0.15) is 4.98 Å². The first-order chi connectivity index (χ1) is 11.9. The minimum Gasteiger partial charge on any atom is -0.378 e. The topological polar surface area (TPSA) is 76.1 Å². The Kier molecular flexibility index (Phi) is 4.91. The monoisotopic (exact) mass is 336 g/mol. The zero-order valence-corrected chi connectivity index (χ0v) is 13.9. The highest BCUT2D eigenvalue weighted by atomic mass is 16.5. The van der Waals surface area contributed by atoms with Gasteiger partial charge in [-0.15, -0.1) is 10.2 Å². The molecule has 9 nitrogen and oxygen atoms in total. The van der Waals surface area contributed by atoms with E-state index in [2.05, 4.69) is 24.9 Å². The molecule has 0 amide bonds. The van der Waals surface area contributed by atoms with E-state index in [9.17, 15) is 0 Å². The van der Waals surface area contributed by atoms with Crippen LogP contribution in [0.15, 0.2) is 0 Å². The summed E-state index contributed by atoms with van der Waals surface area (Å²) in [6.45, 7) is 9.22. The molecule has 0 aliphatic carbocycles. The second-order valence-electron chi connectivity index (χ2n) is 6.06. The fourth-order valence-electron chi connectivity index (χ4n) is 3.17. The molecule has 0 bridgehead atoms. The molecule has 0 unspecified atom stereocenters. The second-order valence-corrected chi connectivity index (χ2v) is 6.06. The minimum atomic E-state index is 0.691. The Morgan fingerprint density at radius 2 is 1.00 bits per heavy atom. The Labute approximate surface area is 141 Å². The Morgan fingerprint density at radius 1 is 0.542 bits per heavy atom. The summed E-state index contributed by atoms with van der Waals surface area (Å²) in [4.78, 5) is 11.5. The number of aromatic nitrogens is 3. The Hall–Kier alpha value is -1.71. The third-order valence-electron chi connectivity index (χ3n) is 4.56. The Bertz CT molecular complexity index is 542. The predicted molar refractivity (Wildman–Crippen MR) is 88.9 cm³/mol. The summed E-state index contributed by atoms with van der Waals surface area (Å²) in [5.41, 5.74) is 0. The number of hydrogen-bond donors (Lipinski definition) is 0. The van der Waals surface area contributed by atoms with Crippen LogP contribution in [0.4, 0.5) is 17.6 Å². The van der Waals surface area contributed by atoms with Gasteiger partial charge in [0.05, 0.1) is 39.6 Å². The van der Waals surface area contributed by atoms with Crippen molar-refractivity contribution in [3.63, 3.8) is 0 Å². The second kappa shape index (κ2) is 7.45. The molecule has 4 rings (SSSR count). The molecule has 9 heteroatoms. The van der Waals surface area contributed by atoms with Crippen molar-refractivity contribution >= 4 is 17.6 Å². The van der Waals surface area contributed by atoms with Gasteiger partial charge in [0.2, 0.25) is 5.95 Å². The zero-order valence-electron chi connectivity index (χ0n) is 13.9. The van der Waals surface area contributed by atoms with Crippen molar-refractivity contribution in [1.82, 2.24) is 15.2 Å². The molecule has 0 atom stereocenters. The van der Waals surface area contributed by atoms with Crippen LogP contribution in [-0.2, 0) is 14.2 Å². The Balaban J connectivity index is 1.63. The van der Waals surface area contributed by atoms with E-state index in [0.717, 1.165) is 77.3 Å². The number of nitrogens with zero attached hydrogens (tertiary/aromatic N) is 6. The quantitative estimate of drug-likeness (QED) is 0.718. The molecule has 132 valence electrons. The van der Waals surface area contributed by atoms with Crippen LogP contribution < -0.4 is 14.7 Å². The van der Waals surface area contributed by atoms with Crippen molar-refractivity contribution < 1.29 is 14.2 Å². The highest BCUT2D eigenvalue weighted by Gasteiger charge is 2.25. The number of hydrogen-bond acceptors (Lipinski definition) is 9. The molecule has 0 spiro atoms. The van der Waals surface area contributed by atoms with Gasteiger partial charge in [-0.1, -0.05) is 0 Å².